The highest BCUT2D eigenvalue weighted by Gasteiger charge is 2.48. The first kappa shape index (κ1) is 22.3. The summed E-state index contributed by atoms with van der Waals surface area (Å²) in [5.74, 6) is 0.953. The number of methoxy groups -OCH3 is 2. The van der Waals surface area contributed by atoms with Crippen LogP contribution in [0.1, 0.15) is 17.5 Å². The van der Waals surface area contributed by atoms with E-state index in [9.17, 15) is 24.8 Å². The lowest BCUT2D eigenvalue weighted by Gasteiger charge is -2.31. The van der Waals surface area contributed by atoms with E-state index in [1.165, 1.54) is 31.9 Å². The summed E-state index contributed by atoms with van der Waals surface area (Å²) in [7, 11) is 2.98. The molecule has 0 spiro atoms. The second-order valence-electron chi connectivity index (χ2n) is 7.20. The Kier molecular flexibility index (Phi) is 6.32. The lowest BCUT2D eigenvalue weighted by Crippen LogP contribution is -2.46. The van der Waals surface area contributed by atoms with E-state index in [4.69, 9.17) is 14.2 Å². The Balaban J connectivity index is 2.06. The first-order chi connectivity index (χ1) is 14.7. The third kappa shape index (κ3) is 4.54. The molecule has 2 aromatic rings. The van der Waals surface area contributed by atoms with Crippen molar-refractivity contribution in [2.24, 2.45) is 0 Å². The van der Waals surface area contributed by atoms with Gasteiger partial charge in [-0.2, -0.15) is 0 Å². The summed E-state index contributed by atoms with van der Waals surface area (Å²) in [4.78, 5) is 41.7. The van der Waals surface area contributed by atoms with Crippen LogP contribution in [-0.2, 0) is 21.7 Å². The van der Waals surface area contributed by atoms with Crippen LogP contribution in [0.15, 0.2) is 34.0 Å². The van der Waals surface area contributed by atoms with Crippen LogP contribution in [0.4, 0.5) is 0 Å². The predicted octanol–water partition coefficient (Wildman–Crippen LogP) is 0.116. The molecule has 1 fully saturated rings. The average molecular weight is 437 g/mol. The molecule has 1 saturated heterocycles. The number of ether oxygens (including phenoxy) is 3. The number of aliphatic hydroxyl groups excluding tert-OH is 1. The Labute approximate surface area is 176 Å². The summed E-state index contributed by atoms with van der Waals surface area (Å²) in [5, 5.41) is 20.1. The predicted molar refractivity (Wildman–Crippen MR) is 106 cm³/mol. The molecule has 0 aliphatic carbocycles. The summed E-state index contributed by atoms with van der Waals surface area (Å²) >= 11 is 0. The molecule has 0 bridgehead atoms. The molecule has 0 saturated carbocycles. The van der Waals surface area contributed by atoms with E-state index < -0.39 is 40.9 Å². The van der Waals surface area contributed by atoms with Gasteiger partial charge in [0.15, 0.2) is 17.2 Å². The second-order valence-corrected chi connectivity index (χ2v) is 7.20. The summed E-state index contributed by atoms with van der Waals surface area (Å²) in [6, 6.07) is 5.12. The molecule has 1 aromatic carbocycles. The van der Waals surface area contributed by atoms with Gasteiger partial charge in [-0.1, -0.05) is 6.07 Å². The summed E-state index contributed by atoms with van der Waals surface area (Å²) in [5.41, 5.74) is -1.78. The molecule has 2 heterocycles. The standard InChI is InChI=1S/C19H23N3O9/c1-11-9-21(18(25)20-17(11)24)19(8-13(23)16(31-19)10-30-22(26)27)7-12-4-5-14(28-2)15(6-12)29-3/h4-6,9,13,16,23H,7-8,10H2,1-3H3,(H,20,24,25)/t13-,16+,19+/m0/s1. The van der Waals surface area contributed by atoms with Crippen molar-refractivity contribution in [3.63, 3.8) is 0 Å². The highest BCUT2D eigenvalue weighted by atomic mass is 17.0. The molecule has 3 rings (SSSR count). The number of aromatic amines is 1. The highest BCUT2D eigenvalue weighted by Crippen LogP contribution is 2.39. The molecule has 168 valence electrons. The van der Waals surface area contributed by atoms with Crippen LogP contribution in [0.25, 0.3) is 0 Å². The number of hydrogen-bond acceptors (Lipinski definition) is 9. The number of aromatic nitrogens is 2. The topological polar surface area (TPSA) is 155 Å². The van der Waals surface area contributed by atoms with Gasteiger partial charge in [0.1, 0.15) is 12.7 Å². The zero-order chi connectivity index (χ0) is 22.8. The normalized spacial score (nSPS) is 22.8. The Morgan fingerprint density at radius 1 is 1.32 bits per heavy atom. The fourth-order valence-corrected chi connectivity index (χ4v) is 3.68. The van der Waals surface area contributed by atoms with E-state index in [-0.39, 0.29) is 18.4 Å². The molecular formula is C19H23N3O9. The minimum Gasteiger partial charge on any atom is -0.493 e. The van der Waals surface area contributed by atoms with Gasteiger partial charge >= 0.3 is 5.69 Å². The van der Waals surface area contributed by atoms with Gasteiger partial charge in [-0.25, -0.2) is 4.79 Å². The number of nitrogens with zero attached hydrogens (tertiary/aromatic N) is 2. The van der Waals surface area contributed by atoms with Gasteiger partial charge in [0, 0.05) is 24.6 Å². The van der Waals surface area contributed by atoms with Crippen molar-refractivity contribution in [1.29, 1.82) is 0 Å². The Morgan fingerprint density at radius 2 is 2.03 bits per heavy atom. The van der Waals surface area contributed by atoms with Crippen LogP contribution in [0.2, 0.25) is 0 Å². The van der Waals surface area contributed by atoms with E-state index in [0.29, 0.717) is 17.1 Å². The Morgan fingerprint density at radius 3 is 2.68 bits per heavy atom. The van der Waals surface area contributed by atoms with E-state index in [1.54, 1.807) is 18.2 Å². The SMILES string of the molecule is COc1ccc(C[C@]2(n3cc(C)c(=O)[nH]c3=O)C[C@H](O)[C@@H](CO[N+](=O)[O-])O2)cc1OC. The smallest absolute Gasteiger partial charge is 0.330 e. The molecular weight excluding hydrogens is 414 g/mol. The molecule has 1 aliphatic rings. The van der Waals surface area contributed by atoms with Crippen molar-refractivity contribution in [3.05, 3.63) is 66.5 Å². The average Bonchev–Trinajstić information content (AvgIpc) is 3.04. The summed E-state index contributed by atoms with van der Waals surface area (Å²) < 4.78 is 17.7. The molecule has 3 atom stereocenters. The van der Waals surface area contributed by atoms with Gasteiger partial charge in [0.05, 0.1) is 20.3 Å². The lowest BCUT2D eigenvalue weighted by atomic mass is 9.97. The number of H-pyrrole nitrogens is 1. The van der Waals surface area contributed by atoms with E-state index in [1.807, 2.05) is 0 Å². The van der Waals surface area contributed by atoms with Crippen LogP contribution >= 0.6 is 0 Å². The van der Waals surface area contributed by atoms with Crippen LogP contribution < -0.4 is 20.7 Å². The van der Waals surface area contributed by atoms with Crippen molar-refractivity contribution in [1.82, 2.24) is 9.55 Å². The van der Waals surface area contributed by atoms with E-state index in [0.717, 1.165) is 0 Å². The minimum absolute atomic E-state index is 0.0710. The molecule has 0 amide bonds. The third-order valence-electron chi connectivity index (χ3n) is 5.16. The molecule has 12 heteroatoms. The van der Waals surface area contributed by atoms with Crippen molar-refractivity contribution >= 4 is 0 Å². The Bertz CT molecular complexity index is 1080. The quantitative estimate of drug-likeness (QED) is 0.432. The van der Waals surface area contributed by atoms with E-state index >= 15 is 0 Å². The molecule has 0 unspecified atom stereocenters. The molecule has 1 aliphatic heterocycles. The fraction of sp³-hybridized carbons (Fsp3) is 0.474. The van der Waals surface area contributed by atoms with Gasteiger partial charge < -0.3 is 24.2 Å². The van der Waals surface area contributed by atoms with Crippen molar-refractivity contribution in [2.45, 2.75) is 37.7 Å². The number of aliphatic hydroxyl groups is 1. The zero-order valence-electron chi connectivity index (χ0n) is 17.2. The Hall–Kier alpha value is -3.38. The maximum atomic E-state index is 12.6. The molecule has 1 aromatic heterocycles. The van der Waals surface area contributed by atoms with E-state index in [2.05, 4.69) is 9.82 Å². The van der Waals surface area contributed by atoms with Crippen molar-refractivity contribution in [3.8, 4) is 11.5 Å². The van der Waals surface area contributed by atoms with Crippen LogP contribution in [-0.4, -0.2) is 52.8 Å². The first-order valence-corrected chi connectivity index (χ1v) is 9.36. The molecule has 12 nitrogen and oxygen atoms in total. The molecule has 0 radical (unpaired) electrons. The number of benzene rings is 1. The van der Waals surface area contributed by atoms with Gasteiger partial charge in [0.25, 0.3) is 10.6 Å². The number of aryl methyl sites for hydroxylation is 1. The van der Waals surface area contributed by atoms with Crippen molar-refractivity contribution < 1.29 is 29.2 Å². The van der Waals surface area contributed by atoms with Crippen LogP contribution in [0.3, 0.4) is 0 Å². The summed E-state index contributed by atoms with van der Waals surface area (Å²) in [6.07, 6.45) is -0.863. The van der Waals surface area contributed by atoms with Gasteiger partial charge in [-0.3, -0.25) is 14.3 Å². The number of rotatable bonds is 8. The van der Waals surface area contributed by atoms with Gasteiger partial charge in [0.2, 0.25) is 0 Å². The van der Waals surface area contributed by atoms with Crippen molar-refractivity contribution in [2.75, 3.05) is 20.8 Å². The highest BCUT2D eigenvalue weighted by molar-refractivity contribution is 5.43. The zero-order valence-corrected chi connectivity index (χ0v) is 17.2. The fourth-order valence-electron chi connectivity index (χ4n) is 3.68. The number of nitrogens with one attached hydrogen (secondary N) is 1. The number of hydrogen-bond donors (Lipinski definition) is 2. The van der Waals surface area contributed by atoms with Gasteiger partial charge in [-0.15, -0.1) is 10.1 Å². The third-order valence-corrected chi connectivity index (χ3v) is 5.16. The maximum Gasteiger partial charge on any atom is 0.330 e. The van der Waals surface area contributed by atoms with Gasteiger partial charge in [-0.05, 0) is 24.6 Å². The molecule has 31 heavy (non-hydrogen) atoms. The second kappa shape index (κ2) is 8.78. The largest absolute Gasteiger partial charge is 0.493 e. The van der Waals surface area contributed by atoms with Crippen LogP contribution in [0.5, 0.6) is 11.5 Å². The van der Waals surface area contributed by atoms with Crippen LogP contribution in [0, 0.1) is 17.0 Å². The summed E-state index contributed by atoms with van der Waals surface area (Å²) in [6.45, 7) is 1.01. The maximum absolute atomic E-state index is 12.6. The monoisotopic (exact) mass is 437 g/mol. The first-order valence-electron chi connectivity index (χ1n) is 9.36. The lowest BCUT2D eigenvalue weighted by molar-refractivity contribution is -0.759. The molecule has 2 N–H and O–H groups in total. The minimum atomic E-state index is -1.43.